The summed E-state index contributed by atoms with van der Waals surface area (Å²) in [5.41, 5.74) is 0. The highest BCUT2D eigenvalue weighted by Crippen LogP contribution is 2.11. The number of hydrogen-bond acceptors (Lipinski definition) is 4. The van der Waals surface area contributed by atoms with E-state index in [9.17, 15) is 9.59 Å². The van der Waals surface area contributed by atoms with Gasteiger partial charge in [-0.3, -0.25) is 9.59 Å². The molecule has 0 fully saturated rings. The largest absolute Gasteiger partial charge is 0.469 e. The molecule has 0 saturated carbocycles. The molecule has 0 saturated heterocycles. The van der Waals surface area contributed by atoms with Crippen LogP contribution in [0.25, 0.3) is 6.08 Å². The van der Waals surface area contributed by atoms with E-state index in [0.717, 1.165) is 23.0 Å². The Morgan fingerprint density at radius 3 is 2.80 bits per heavy atom. The minimum Gasteiger partial charge on any atom is -0.469 e. The number of methoxy groups -OCH3 is 1. The van der Waals surface area contributed by atoms with Crippen LogP contribution in [-0.2, 0) is 14.3 Å². The van der Waals surface area contributed by atoms with Crippen molar-refractivity contribution in [3.63, 3.8) is 0 Å². The number of ether oxygens (including phenoxy) is 1. The van der Waals surface area contributed by atoms with Gasteiger partial charge in [0.15, 0.2) is 3.77 Å². The predicted octanol–water partition coefficient (Wildman–Crippen LogP) is 2.75. The lowest BCUT2D eigenvalue weighted by Crippen LogP contribution is -2.22. The van der Waals surface area contributed by atoms with E-state index in [2.05, 4.69) is 32.6 Å². The Bertz CT molecular complexity index is 467. The van der Waals surface area contributed by atoms with E-state index < -0.39 is 0 Å². The summed E-state index contributed by atoms with van der Waals surface area (Å²) in [4.78, 5) is 22.4. The van der Waals surface area contributed by atoms with Crippen molar-refractivity contribution in [1.29, 1.82) is 0 Å². The number of nitrogens with one attached hydrogen (secondary N) is 1. The Balaban J connectivity index is 2.08. The van der Waals surface area contributed by atoms with Gasteiger partial charge >= 0.3 is 5.97 Å². The highest BCUT2D eigenvalue weighted by molar-refractivity contribution is 14.1. The molecule has 0 radical (unpaired) electrons. The van der Waals surface area contributed by atoms with Crippen molar-refractivity contribution in [3.8, 4) is 0 Å². The minimum atomic E-state index is -0.190. The smallest absolute Gasteiger partial charge is 0.305 e. The van der Waals surface area contributed by atoms with Crippen molar-refractivity contribution >= 4 is 40.5 Å². The topological polar surface area (TPSA) is 68.5 Å². The maximum atomic E-state index is 11.5. The van der Waals surface area contributed by atoms with Gasteiger partial charge in [-0.25, -0.2) is 0 Å². The van der Waals surface area contributed by atoms with Gasteiger partial charge in [-0.1, -0.05) is 6.42 Å². The van der Waals surface area contributed by atoms with Crippen LogP contribution >= 0.6 is 22.6 Å². The second kappa shape index (κ2) is 9.57. The fourth-order valence-electron chi connectivity index (χ4n) is 1.52. The number of hydrogen-bond donors (Lipinski definition) is 1. The summed E-state index contributed by atoms with van der Waals surface area (Å²) < 4.78 is 10.6. The van der Waals surface area contributed by atoms with E-state index in [-0.39, 0.29) is 11.9 Å². The molecule has 0 aliphatic rings. The van der Waals surface area contributed by atoms with Gasteiger partial charge in [0, 0.05) is 19.0 Å². The SMILES string of the molecule is COC(=O)CCCCCNC(=O)/C=C/c1ccc(I)o1. The van der Waals surface area contributed by atoms with Crippen LogP contribution < -0.4 is 5.32 Å². The van der Waals surface area contributed by atoms with Crippen molar-refractivity contribution in [1.82, 2.24) is 5.32 Å². The third-order valence-corrected chi connectivity index (χ3v) is 3.16. The van der Waals surface area contributed by atoms with Crippen molar-refractivity contribution in [2.24, 2.45) is 0 Å². The molecule has 1 rings (SSSR count). The molecule has 1 aromatic heterocycles. The fourth-order valence-corrected chi connectivity index (χ4v) is 1.95. The standard InChI is InChI=1S/C14H18INO4/c1-19-14(18)5-3-2-4-10-16-13(17)9-7-11-6-8-12(15)20-11/h6-9H,2-5,10H2,1H3,(H,16,17)/b9-7+. The van der Waals surface area contributed by atoms with Crippen LogP contribution in [-0.4, -0.2) is 25.5 Å². The van der Waals surface area contributed by atoms with E-state index >= 15 is 0 Å². The zero-order valence-corrected chi connectivity index (χ0v) is 13.5. The minimum absolute atomic E-state index is 0.149. The van der Waals surface area contributed by atoms with Gasteiger partial charge in [0.05, 0.1) is 7.11 Å². The Hall–Kier alpha value is -1.31. The van der Waals surface area contributed by atoms with Gasteiger partial charge in [0.25, 0.3) is 0 Å². The molecule has 1 N–H and O–H groups in total. The lowest BCUT2D eigenvalue weighted by Gasteiger charge is -2.02. The maximum absolute atomic E-state index is 11.5. The molecular weight excluding hydrogens is 373 g/mol. The van der Waals surface area contributed by atoms with E-state index in [0.29, 0.717) is 18.7 Å². The van der Waals surface area contributed by atoms with Gasteiger partial charge in [-0.05, 0) is 53.6 Å². The molecule has 1 heterocycles. The number of furan rings is 1. The number of carbonyl (C=O) groups is 2. The highest BCUT2D eigenvalue weighted by atomic mass is 127. The fraction of sp³-hybridized carbons (Fsp3) is 0.429. The molecule has 0 atom stereocenters. The number of halogens is 1. The highest BCUT2D eigenvalue weighted by Gasteiger charge is 2.00. The number of carbonyl (C=O) groups excluding carboxylic acids is 2. The molecule has 0 aliphatic carbocycles. The normalized spacial score (nSPS) is 10.7. The zero-order valence-electron chi connectivity index (χ0n) is 11.4. The zero-order chi connectivity index (χ0) is 14.8. The third-order valence-electron chi connectivity index (χ3n) is 2.58. The molecule has 0 spiro atoms. The van der Waals surface area contributed by atoms with E-state index in [1.54, 1.807) is 12.1 Å². The molecular formula is C14H18INO4. The monoisotopic (exact) mass is 391 g/mol. The number of esters is 1. The summed E-state index contributed by atoms with van der Waals surface area (Å²) in [5, 5.41) is 2.78. The van der Waals surface area contributed by atoms with Crippen molar-refractivity contribution in [2.75, 3.05) is 13.7 Å². The molecule has 6 heteroatoms. The molecule has 20 heavy (non-hydrogen) atoms. The molecule has 5 nitrogen and oxygen atoms in total. The van der Waals surface area contributed by atoms with Gasteiger partial charge in [-0.15, -0.1) is 0 Å². The van der Waals surface area contributed by atoms with Crippen LogP contribution in [0.15, 0.2) is 22.6 Å². The lowest BCUT2D eigenvalue weighted by molar-refractivity contribution is -0.140. The van der Waals surface area contributed by atoms with Crippen LogP contribution in [0.3, 0.4) is 0 Å². The maximum Gasteiger partial charge on any atom is 0.305 e. The van der Waals surface area contributed by atoms with E-state index in [1.807, 2.05) is 6.07 Å². The summed E-state index contributed by atoms with van der Waals surface area (Å²) in [7, 11) is 1.38. The van der Waals surface area contributed by atoms with Gasteiger partial charge in [-0.2, -0.15) is 0 Å². The second-order valence-electron chi connectivity index (χ2n) is 4.15. The van der Waals surface area contributed by atoms with Crippen molar-refractivity contribution < 1.29 is 18.7 Å². The van der Waals surface area contributed by atoms with E-state index in [4.69, 9.17) is 4.42 Å². The first-order chi connectivity index (χ1) is 9.61. The molecule has 1 aromatic rings. The Kier molecular flexibility index (Phi) is 8.01. The quantitative estimate of drug-likeness (QED) is 0.320. The van der Waals surface area contributed by atoms with Crippen LogP contribution in [0.5, 0.6) is 0 Å². The van der Waals surface area contributed by atoms with Gasteiger partial charge in [0.2, 0.25) is 5.91 Å². The van der Waals surface area contributed by atoms with Crippen molar-refractivity contribution in [2.45, 2.75) is 25.7 Å². The average molecular weight is 391 g/mol. The first kappa shape index (κ1) is 16.7. The molecule has 1 amide bonds. The summed E-state index contributed by atoms with van der Waals surface area (Å²) >= 11 is 2.07. The summed E-state index contributed by atoms with van der Waals surface area (Å²) in [6, 6.07) is 3.64. The first-order valence-corrected chi connectivity index (χ1v) is 7.48. The van der Waals surface area contributed by atoms with Crippen molar-refractivity contribution in [3.05, 3.63) is 27.7 Å². The molecule has 110 valence electrons. The van der Waals surface area contributed by atoms with Gasteiger partial charge < -0.3 is 14.5 Å². The second-order valence-corrected chi connectivity index (χ2v) is 5.22. The van der Waals surface area contributed by atoms with E-state index in [1.165, 1.54) is 13.2 Å². The molecule has 0 bridgehead atoms. The molecule has 0 aliphatic heterocycles. The summed E-state index contributed by atoms with van der Waals surface area (Å²) in [6.07, 6.45) is 6.02. The Labute approximate surface area is 131 Å². The lowest BCUT2D eigenvalue weighted by atomic mass is 10.2. The van der Waals surface area contributed by atoms with Crippen LogP contribution in [0.4, 0.5) is 0 Å². The summed E-state index contributed by atoms with van der Waals surface area (Å²) in [6.45, 7) is 0.597. The Morgan fingerprint density at radius 1 is 1.35 bits per heavy atom. The average Bonchev–Trinajstić information content (AvgIpc) is 2.85. The third kappa shape index (κ3) is 7.32. The predicted molar refractivity (Wildman–Crippen MR) is 84.0 cm³/mol. The summed E-state index contributed by atoms with van der Waals surface area (Å²) in [5.74, 6) is 0.317. The molecule has 0 aromatic carbocycles. The molecule has 0 unspecified atom stereocenters. The number of rotatable bonds is 8. The number of amides is 1. The first-order valence-electron chi connectivity index (χ1n) is 6.40. The van der Waals surface area contributed by atoms with Crippen LogP contribution in [0.2, 0.25) is 0 Å². The van der Waals surface area contributed by atoms with Crippen LogP contribution in [0, 0.1) is 3.77 Å². The number of unbranched alkanes of at least 4 members (excludes halogenated alkanes) is 2. The van der Waals surface area contributed by atoms with Gasteiger partial charge in [0.1, 0.15) is 5.76 Å². The van der Waals surface area contributed by atoms with Crippen LogP contribution in [0.1, 0.15) is 31.4 Å². The Morgan fingerprint density at radius 2 is 2.15 bits per heavy atom.